The largest absolute Gasteiger partial charge is 0.379 e. The molecule has 0 saturated heterocycles. The second kappa shape index (κ2) is 5.96. The van der Waals surface area contributed by atoms with Gasteiger partial charge in [-0.3, -0.25) is 14.3 Å². The van der Waals surface area contributed by atoms with Crippen molar-refractivity contribution in [1.82, 2.24) is 0 Å². The minimum Gasteiger partial charge on any atom is -0.379 e. The van der Waals surface area contributed by atoms with Gasteiger partial charge in [-0.1, -0.05) is 0 Å². The van der Waals surface area contributed by atoms with Crippen molar-refractivity contribution < 1.29 is 9.13 Å². The molecule has 17 heavy (non-hydrogen) atoms. The third-order valence-electron chi connectivity index (χ3n) is 2.03. The van der Waals surface area contributed by atoms with Gasteiger partial charge in [0, 0.05) is 35.4 Å². The lowest BCUT2D eigenvalue weighted by atomic mass is 10.2. The maximum atomic E-state index is 10.9. The summed E-state index contributed by atoms with van der Waals surface area (Å²) in [4.78, 5) is 10.2. The Balaban J connectivity index is 2.90. The van der Waals surface area contributed by atoms with Gasteiger partial charge in [0.05, 0.1) is 16.6 Å². The quantitative estimate of drug-likeness (QED) is 0.629. The third-order valence-corrected chi connectivity index (χ3v) is 2.81. The third kappa shape index (κ3) is 3.85. The molecule has 0 aliphatic carbocycles. The zero-order chi connectivity index (χ0) is 12.8. The van der Waals surface area contributed by atoms with Crippen LogP contribution in [-0.4, -0.2) is 27.7 Å². The van der Waals surface area contributed by atoms with E-state index in [4.69, 9.17) is 5.26 Å². The maximum Gasteiger partial charge on any atom is 0.292 e. The average molecular weight is 253 g/mol. The second-order valence-corrected chi connectivity index (χ2v) is 4.86. The molecule has 0 heterocycles. The number of anilines is 1. The lowest BCUT2D eigenvalue weighted by Gasteiger charge is -2.06. The summed E-state index contributed by atoms with van der Waals surface area (Å²) in [6, 6.07) is 6.00. The number of nitrogens with one attached hydrogen (secondary N) is 1. The maximum absolute atomic E-state index is 10.9. The van der Waals surface area contributed by atoms with Gasteiger partial charge in [0.15, 0.2) is 0 Å². The molecule has 0 aliphatic heterocycles. The van der Waals surface area contributed by atoms with E-state index in [1.807, 2.05) is 6.07 Å². The highest BCUT2D eigenvalue weighted by molar-refractivity contribution is 7.84. The number of nitro benzene ring substituents is 1. The van der Waals surface area contributed by atoms with E-state index in [0.29, 0.717) is 17.9 Å². The van der Waals surface area contributed by atoms with Crippen LogP contribution in [-0.2, 0) is 10.8 Å². The molecule has 0 spiro atoms. The van der Waals surface area contributed by atoms with Gasteiger partial charge in [-0.15, -0.1) is 0 Å². The molecule has 0 bridgehead atoms. The SMILES string of the molecule is CS(=O)CCNc1cc(C#N)ccc1[N+](=O)[O-]. The van der Waals surface area contributed by atoms with Gasteiger partial charge in [0.25, 0.3) is 5.69 Å². The summed E-state index contributed by atoms with van der Waals surface area (Å²) in [6.07, 6.45) is 1.56. The van der Waals surface area contributed by atoms with E-state index in [9.17, 15) is 14.3 Å². The first-order valence-corrected chi connectivity index (χ1v) is 6.49. The highest BCUT2D eigenvalue weighted by atomic mass is 32.2. The van der Waals surface area contributed by atoms with Gasteiger partial charge in [-0.2, -0.15) is 5.26 Å². The van der Waals surface area contributed by atoms with E-state index >= 15 is 0 Å². The zero-order valence-electron chi connectivity index (χ0n) is 9.17. The predicted octanol–water partition coefficient (Wildman–Crippen LogP) is 1.26. The van der Waals surface area contributed by atoms with Crippen molar-refractivity contribution in [3.05, 3.63) is 33.9 Å². The number of nitriles is 1. The van der Waals surface area contributed by atoms with Gasteiger partial charge >= 0.3 is 0 Å². The van der Waals surface area contributed by atoms with E-state index < -0.39 is 15.7 Å². The Morgan fingerprint density at radius 2 is 2.29 bits per heavy atom. The number of hydrogen-bond acceptors (Lipinski definition) is 5. The average Bonchev–Trinajstić information content (AvgIpc) is 2.28. The highest BCUT2D eigenvalue weighted by Crippen LogP contribution is 2.24. The second-order valence-electron chi connectivity index (χ2n) is 3.30. The molecular formula is C10H11N3O3S. The summed E-state index contributed by atoms with van der Waals surface area (Å²) < 4.78 is 10.9. The van der Waals surface area contributed by atoms with Crippen molar-refractivity contribution in [3.8, 4) is 6.07 Å². The van der Waals surface area contributed by atoms with Crippen molar-refractivity contribution in [1.29, 1.82) is 5.26 Å². The van der Waals surface area contributed by atoms with Crippen LogP contribution in [0.5, 0.6) is 0 Å². The molecule has 0 aliphatic rings. The summed E-state index contributed by atoms with van der Waals surface area (Å²) in [5.41, 5.74) is 0.529. The summed E-state index contributed by atoms with van der Waals surface area (Å²) >= 11 is 0. The van der Waals surface area contributed by atoms with Crippen LogP contribution in [0.3, 0.4) is 0 Å². The zero-order valence-corrected chi connectivity index (χ0v) is 9.99. The Morgan fingerprint density at radius 3 is 2.82 bits per heavy atom. The first-order valence-electron chi connectivity index (χ1n) is 4.77. The molecular weight excluding hydrogens is 242 g/mol. The first kappa shape index (κ1) is 13.1. The van der Waals surface area contributed by atoms with Crippen molar-refractivity contribution in [2.24, 2.45) is 0 Å². The lowest BCUT2D eigenvalue weighted by molar-refractivity contribution is -0.384. The standard InChI is InChI=1S/C10H11N3O3S/c1-17(16)5-4-12-9-6-8(7-11)2-3-10(9)13(14)15/h2-3,6,12H,4-5H2,1H3. The first-order chi connectivity index (χ1) is 8.04. The monoisotopic (exact) mass is 253 g/mol. The topological polar surface area (TPSA) is 96.0 Å². The summed E-state index contributed by atoms with van der Waals surface area (Å²) in [5, 5.41) is 22.3. The molecule has 1 N–H and O–H groups in total. The molecule has 0 saturated carbocycles. The van der Waals surface area contributed by atoms with Crippen LogP contribution in [0.25, 0.3) is 0 Å². The van der Waals surface area contributed by atoms with E-state index in [2.05, 4.69) is 5.32 Å². The molecule has 7 heteroatoms. The number of rotatable bonds is 5. The fraction of sp³-hybridized carbons (Fsp3) is 0.300. The van der Waals surface area contributed by atoms with Crippen LogP contribution >= 0.6 is 0 Å². The van der Waals surface area contributed by atoms with Crippen LogP contribution in [0.15, 0.2) is 18.2 Å². The van der Waals surface area contributed by atoms with Crippen LogP contribution in [0.1, 0.15) is 5.56 Å². The predicted molar refractivity (Wildman–Crippen MR) is 65.2 cm³/mol. The number of hydrogen-bond donors (Lipinski definition) is 1. The smallest absolute Gasteiger partial charge is 0.292 e. The molecule has 0 fully saturated rings. The minimum absolute atomic E-state index is 0.0918. The van der Waals surface area contributed by atoms with Gasteiger partial charge in [0.1, 0.15) is 5.69 Å². The summed E-state index contributed by atoms with van der Waals surface area (Å²) in [5.74, 6) is 0.397. The van der Waals surface area contributed by atoms with Gasteiger partial charge in [0.2, 0.25) is 0 Å². The van der Waals surface area contributed by atoms with Crippen LogP contribution in [0.2, 0.25) is 0 Å². The van der Waals surface area contributed by atoms with E-state index in [1.165, 1.54) is 18.2 Å². The summed E-state index contributed by atoms with van der Waals surface area (Å²) in [6.45, 7) is 0.360. The Labute approximate surface area is 101 Å². The number of nitrogens with zero attached hydrogens (tertiary/aromatic N) is 2. The molecule has 6 nitrogen and oxygen atoms in total. The van der Waals surface area contributed by atoms with Crippen molar-refractivity contribution in [3.63, 3.8) is 0 Å². The van der Waals surface area contributed by atoms with Gasteiger partial charge in [-0.25, -0.2) is 0 Å². The van der Waals surface area contributed by atoms with Crippen LogP contribution in [0, 0.1) is 21.4 Å². The molecule has 90 valence electrons. The fourth-order valence-corrected chi connectivity index (χ4v) is 1.63. The lowest BCUT2D eigenvalue weighted by Crippen LogP contribution is -2.11. The molecule has 0 amide bonds. The van der Waals surface area contributed by atoms with E-state index in [0.717, 1.165) is 0 Å². The van der Waals surface area contributed by atoms with Crippen molar-refractivity contribution in [2.45, 2.75) is 0 Å². The van der Waals surface area contributed by atoms with Gasteiger partial charge < -0.3 is 5.32 Å². The Bertz CT molecular complexity index is 496. The molecule has 1 atom stereocenters. The minimum atomic E-state index is -0.961. The van der Waals surface area contributed by atoms with E-state index in [1.54, 1.807) is 6.26 Å². The fourth-order valence-electron chi connectivity index (χ4n) is 1.24. The van der Waals surface area contributed by atoms with Crippen LogP contribution < -0.4 is 5.32 Å². The van der Waals surface area contributed by atoms with Crippen molar-refractivity contribution in [2.75, 3.05) is 23.9 Å². The van der Waals surface area contributed by atoms with E-state index in [-0.39, 0.29) is 11.4 Å². The number of benzene rings is 1. The Morgan fingerprint density at radius 1 is 1.59 bits per heavy atom. The molecule has 1 aromatic carbocycles. The molecule has 0 radical (unpaired) electrons. The number of nitro groups is 1. The summed E-state index contributed by atoms with van der Waals surface area (Å²) in [7, 11) is -0.961. The Hall–Kier alpha value is -1.94. The van der Waals surface area contributed by atoms with Gasteiger partial charge in [-0.05, 0) is 12.1 Å². The Kier molecular flexibility index (Phi) is 4.60. The van der Waals surface area contributed by atoms with Crippen molar-refractivity contribution >= 4 is 22.2 Å². The molecule has 0 aromatic heterocycles. The highest BCUT2D eigenvalue weighted by Gasteiger charge is 2.13. The molecule has 1 unspecified atom stereocenters. The normalized spacial score (nSPS) is 11.5. The molecule has 1 rings (SSSR count). The van der Waals surface area contributed by atoms with Crippen LogP contribution in [0.4, 0.5) is 11.4 Å². The molecule has 1 aromatic rings.